The van der Waals surface area contributed by atoms with E-state index in [1.165, 1.54) is 12.1 Å². The molecule has 4 rings (SSSR count). The highest BCUT2D eigenvalue weighted by Gasteiger charge is 2.39. The number of urea groups is 1. The van der Waals surface area contributed by atoms with Gasteiger partial charge in [0, 0.05) is 6.07 Å². The van der Waals surface area contributed by atoms with Gasteiger partial charge in [-0.3, -0.25) is 14.5 Å². The maximum atomic E-state index is 13.4. The van der Waals surface area contributed by atoms with Crippen molar-refractivity contribution in [3.8, 4) is 17.1 Å². The lowest BCUT2D eigenvalue weighted by atomic mass is 10.1. The first-order chi connectivity index (χ1) is 16.5. The third-order valence-corrected chi connectivity index (χ3v) is 5.87. The Morgan fingerprint density at radius 2 is 1.89 bits per heavy atom. The molecule has 184 valence electrons. The minimum atomic E-state index is -4.65. The van der Waals surface area contributed by atoms with Crippen LogP contribution in [0.1, 0.15) is 19.4 Å². The van der Waals surface area contributed by atoms with Gasteiger partial charge in [-0.2, -0.15) is 13.2 Å². The molecule has 0 unspecified atom stereocenters. The second kappa shape index (κ2) is 9.26. The van der Waals surface area contributed by atoms with Crippen LogP contribution in [-0.4, -0.2) is 36.0 Å². The molecule has 1 fully saturated rings. The lowest BCUT2D eigenvalue weighted by molar-refractivity contribution is -0.137. The number of alkyl halides is 3. The van der Waals surface area contributed by atoms with E-state index in [9.17, 15) is 27.6 Å². The van der Waals surface area contributed by atoms with E-state index in [-0.39, 0.29) is 52.1 Å². The van der Waals surface area contributed by atoms with Crippen LogP contribution in [0.2, 0.25) is 5.02 Å². The van der Waals surface area contributed by atoms with Gasteiger partial charge in [0.15, 0.2) is 11.0 Å². The molecule has 2 heterocycles. The Morgan fingerprint density at radius 3 is 2.54 bits per heavy atom. The number of carbonyl (C=O) groups is 2. The fourth-order valence-corrected chi connectivity index (χ4v) is 3.96. The molecule has 0 radical (unpaired) electrons. The smallest absolute Gasteiger partial charge is 0.416 e. The van der Waals surface area contributed by atoms with E-state index in [0.29, 0.717) is 0 Å². The highest BCUT2D eigenvalue weighted by atomic mass is 35.5. The summed E-state index contributed by atoms with van der Waals surface area (Å²) >= 11 is 6.14. The molecule has 1 aliphatic heterocycles. The van der Waals surface area contributed by atoms with Crippen LogP contribution in [0, 0.1) is 5.92 Å². The molecule has 11 heteroatoms. The van der Waals surface area contributed by atoms with Gasteiger partial charge in [0.05, 0.1) is 28.1 Å². The highest BCUT2D eigenvalue weighted by molar-refractivity contribution is 6.34. The van der Waals surface area contributed by atoms with E-state index in [1.807, 2.05) is 0 Å². The van der Waals surface area contributed by atoms with Crippen molar-refractivity contribution in [3.63, 3.8) is 0 Å². The van der Waals surface area contributed by atoms with Gasteiger partial charge in [-0.1, -0.05) is 31.5 Å². The number of nitrogens with one attached hydrogen (secondary N) is 1. The number of fused-ring (bicyclic) bond motifs is 1. The lowest BCUT2D eigenvalue weighted by Gasteiger charge is -2.17. The number of para-hydroxylation sites is 1. The molecule has 0 aliphatic carbocycles. The molecule has 1 N–H and O–H groups in total. The number of nitrogens with zero attached hydrogens (tertiary/aromatic N) is 1. The number of halogens is 4. The Bertz CT molecular complexity index is 1370. The van der Waals surface area contributed by atoms with E-state index >= 15 is 0 Å². The van der Waals surface area contributed by atoms with Gasteiger partial charge in [-0.15, -0.1) is 0 Å². The molecule has 0 saturated carbocycles. The summed E-state index contributed by atoms with van der Waals surface area (Å²) in [5, 5.41) is 2.95. The first-order valence-corrected chi connectivity index (χ1v) is 11.0. The van der Waals surface area contributed by atoms with Gasteiger partial charge >= 0.3 is 12.2 Å². The number of ether oxygens (including phenoxy) is 1. The molecule has 3 amide bonds. The topological polar surface area (TPSA) is 88.8 Å². The maximum absolute atomic E-state index is 13.4. The normalized spacial score (nSPS) is 16.3. The second-order valence-electron chi connectivity index (χ2n) is 8.31. The van der Waals surface area contributed by atoms with Crippen LogP contribution in [0.4, 0.5) is 18.0 Å². The number of hydrogen-bond donors (Lipinski definition) is 1. The molecule has 0 spiro atoms. The van der Waals surface area contributed by atoms with Crippen LogP contribution in [0.15, 0.2) is 51.7 Å². The van der Waals surface area contributed by atoms with E-state index in [1.54, 1.807) is 19.9 Å². The number of benzene rings is 2. The molecular formula is C24H20ClF3N2O5. The molecule has 2 aromatic carbocycles. The van der Waals surface area contributed by atoms with E-state index in [0.717, 1.165) is 29.2 Å². The Kier molecular flexibility index (Phi) is 6.50. The molecule has 1 aliphatic rings. The van der Waals surface area contributed by atoms with Crippen LogP contribution >= 0.6 is 11.6 Å². The number of rotatable bonds is 6. The van der Waals surface area contributed by atoms with Crippen molar-refractivity contribution in [2.75, 3.05) is 13.2 Å². The molecule has 7 nitrogen and oxygen atoms in total. The monoisotopic (exact) mass is 508 g/mol. The van der Waals surface area contributed by atoms with Gasteiger partial charge in [0.25, 0.3) is 5.91 Å². The Balaban J connectivity index is 1.67. The molecule has 1 aromatic heterocycles. The van der Waals surface area contributed by atoms with Crippen molar-refractivity contribution in [2.45, 2.75) is 26.1 Å². The second-order valence-corrected chi connectivity index (χ2v) is 8.72. The fraction of sp³-hybridized carbons (Fsp3) is 0.292. The summed E-state index contributed by atoms with van der Waals surface area (Å²) in [6, 6.07) is 7.21. The highest BCUT2D eigenvalue weighted by Crippen LogP contribution is 2.38. The van der Waals surface area contributed by atoms with Gasteiger partial charge in [0.2, 0.25) is 0 Å². The zero-order chi connectivity index (χ0) is 25.5. The van der Waals surface area contributed by atoms with E-state index in [2.05, 4.69) is 5.32 Å². The van der Waals surface area contributed by atoms with Crippen molar-refractivity contribution in [1.82, 2.24) is 10.2 Å². The lowest BCUT2D eigenvalue weighted by Crippen LogP contribution is -2.36. The molecule has 1 saturated heterocycles. The number of hydrogen-bond acceptors (Lipinski definition) is 5. The minimum absolute atomic E-state index is 0.0470. The van der Waals surface area contributed by atoms with Crippen LogP contribution in [-0.2, 0) is 11.0 Å². The van der Waals surface area contributed by atoms with Crippen molar-refractivity contribution >= 4 is 34.5 Å². The predicted octanol–water partition coefficient (Wildman–Crippen LogP) is 5.09. The molecule has 35 heavy (non-hydrogen) atoms. The van der Waals surface area contributed by atoms with Gasteiger partial charge in [-0.05, 0) is 36.2 Å². The van der Waals surface area contributed by atoms with Crippen LogP contribution in [0.5, 0.6) is 5.75 Å². The van der Waals surface area contributed by atoms with Gasteiger partial charge in [0.1, 0.15) is 24.2 Å². The van der Waals surface area contributed by atoms with E-state index in [4.69, 9.17) is 20.8 Å². The van der Waals surface area contributed by atoms with Crippen LogP contribution in [0.3, 0.4) is 0 Å². The average Bonchev–Trinajstić information content (AvgIpc) is 3.07. The first-order valence-electron chi connectivity index (χ1n) is 10.7. The molecule has 0 bridgehead atoms. The third-order valence-electron chi connectivity index (χ3n) is 5.58. The van der Waals surface area contributed by atoms with Crippen molar-refractivity contribution in [2.24, 2.45) is 5.92 Å². The number of imide groups is 1. The minimum Gasteiger partial charge on any atom is -0.491 e. The van der Waals surface area contributed by atoms with Crippen LogP contribution < -0.4 is 15.5 Å². The summed E-state index contributed by atoms with van der Waals surface area (Å²) in [7, 11) is 0. The summed E-state index contributed by atoms with van der Waals surface area (Å²) in [6.07, 6.45) is -4.65. The Morgan fingerprint density at radius 1 is 1.14 bits per heavy atom. The average molecular weight is 509 g/mol. The summed E-state index contributed by atoms with van der Waals surface area (Å²) < 4.78 is 51.4. The van der Waals surface area contributed by atoms with Gasteiger partial charge < -0.3 is 14.5 Å². The number of amides is 3. The SMILES string of the molecule is CC(C)[C@@H]1NC(=O)N(CCOc2cc(C(F)(F)F)ccc2-c2cc(=O)c3cccc(Cl)c3o2)C1=O. The quantitative estimate of drug-likeness (QED) is 0.469. The fourth-order valence-electron chi connectivity index (χ4n) is 3.75. The molecular weight excluding hydrogens is 489 g/mol. The van der Waals surface area contributed by atoms with Crippen molar-refractivity contribution < 1.29 is 31.9 Å². The van der Waals surface area contributed by atoms with Crippen molar-refractivity contribution in [3.05, 3.63) is 63.3 Å². The van der Waals surface area contributed by atoms with Gasteiger partial charge in [-0.25, -0.2) is 4.79 Å². The maximum Gasteiger partial charge on any atom is 0.416 e. The zero-order valence-corrected chi connectivity index (χ0v) is 19.4. The molecule has 3 aromatic rings. The molecule has 1 atom stereocenters. The Hall–Kier alpha value is -3.53. The first kappa shape index (κ1) is 24.6. The Labute approximate surface area is 202 Å². The van der Waals surface area contributed by atoms with Crippen molar-refractivity contribution in [1.29, 1.82) is 0 Å². The summed E-state index contributed by atoms with van der Waals surface area (Å²) in [5.41, 5.74) is -1.25. The predicted molar refractivity (Wildman–Crippen MR) is 122 cm³/mol. The zero-order valence-electron chi connectivity index (χ0n) is 18.6. The summed E-state index contributed by atoms with van der Waals surface area (Å²) in [6.45, 7) is 3.09. The third kappa shape index (κ3) is 4.84. The van der Waals surface area contributed by atoms with E-state index < -0.39 is 35.1 Å². The van der Waals surface area contributed by atoms with Crippen LogP contribution in [0.25, 0.3) is 22.3 Å². The largest absolute Gasteiger partial charge is 0.491 e. The summed E-state index contributed by atoms with van der Waals surface area (Å²) in [4.78, 5) is 38.1. The summed E-state index contributed by atoms with van der Waals surface area (Å²) in [5.74, 6) is -0.848. The standard InChI is InChI=1S/C24H20ClF3N2O5/c1-12(2)20-22(32)30(23(33)29-20)8-9-34-18-10-13(24(26,27)28)6-7-15(18)19-11-17(31)14-4-3-5-16(25)21(14)35-19/h3-7,10-12,20H,8-9H2,1-2H3,(H,29,33)/t20-/m0/s1. The number of carbonyl (C=O) groups excluding carboxylic acids is 2.